The molecule has 164 valence electrons. The minimum Gasteiger partial charge on any atom is -0.479 e. The van der Waals surface area contributed by atoms with Gasteiger partial charge in [-0.3, -0.25) is 14.4 Å². The number of carbonyl (C=O) groups is 4. The quantitative estimate of drug-likeness (QED) is 0.103. The summed E-state index contributed by atoms with van der Waals surface area (Å²) in [7, 11) is 1.28. The zero-order valence-corrected chi connectivity index (χ0v) is 17.7. The molecule has 3 N–H and O–H groups in total. The first-order valence-electron chi connectivity index (χ1n) is 8.68. The van der Waals surface area contributed by atoms with E-state index < -0.39 is 34.8 Å². The fraction of sp³-hybridized carbons (Fsp3) is 0.412. The van der Waals surface area contributed by atoms with Crippen LogP contribution in [0.4, 0.5) is 5.13 Å². The predicted molar refractivity (Wildman–Crippen MR) is 110 cm³/mol. The van der Waals surface area contributed by atoms with Gasteiger partial charge in [0.15, 0.2) is 23.1 Å². The van der Waals surface area contributed by atoms with Crippen molar-refractivity contribution in [3.63, 3.8) is 0 Å². The van der Waals surface area contributed by atoms with Crippen LogP contribution in [0.5, 0.6) is 0 Å². The van der Waals surface area contributed by atoms with E-state index in [-0.39, 0.29) is 35.4 Å². The molecule has 2 fully saturated rings. The molecule has 14 heteroatoms. The van der Waals surface area contributed by atoms with E-state index in [0.29, 0.717) is 6.41 Å². The Balaban J connectivity index is 1.73. The van der Waals surface area contributed by atoms with Gasteiger partial charge in [0.1, 0.15) is 17.1 Å². The van der Waals surface area contributed by atoms with Gasteiger partial charge < -0.3 is 30.2 Å². The molecule has 1 aromatic heterocycles. The summed E-state index contributed by atoms with van der Waals surface area (Å²) in [5.74, 6) is -0.0268. The molecule has 3 amide bonds. The fourth-order valence-corrected chi connectivity index (χ4v) is 5.10. The Bertz CT molecular complexity index is 974. The number of carboxylic acids is 1. The number of ether oxygens (including phenoxy) is 1. The third-order valence-electron chi connectivity index (χ3n) is 4.57. The van der Waals surface area contributed by atoms with Crippen LogP contribution < -0.4 is 10.6 Å². The Hall–Kier alpha value is -3.15. The maximum atomic E-state index is 12.8. The topological polar surface area (TPSA) is 160 Å². The smallest absolute Gasteiger partial charge is 0.338 e. The lowest BCUT2D eigenvalue weighted by molar-refractivity contribution is -0.170. The van der Waals surface area contributed by atoms with E-state index >= 15 is 0 Å². The first-order valence-corrected chi connectivity index (χ1v) is 10.6. The number of methoxy groups -OCH3 is 1. The van der Waals surface area contributed by atoms with Gasteiger partial charge in [0.05, 0.1) is 6.54 Å². The molecule has 3 rings (SSSR count). The van der Waals surface area contributed by atoms with Crippen molar-refractivity contribution < 1.29 is 33.9 Å². The first kappa shape index (κ1) is 22.5. The molecule has 0 radical (unpaired) electrons. The molecular formula is C17H17N5O7S2. The number of thioether (sulfide) groups is 1. The van der Waals surface area contributed by atoms with Crippen molar-refractivity contribution in [2.45, 2.75) is 17.0 Å². The van der Waals surface area contributed by atoms with Gasteiger partial charge in [-0.1, -0.05) is 11.1 Å². The summed E-state index contributed by atoms with van der Waals surface area (Å²) in [5.41, 5.74) is -1.60. The van der Waals surface area contributed by atoms with Crippen molar-refractivity contribution in [2.75, 3.05) is 31.3 Å². The number of hydrogen-bond acceptors (Lipinski definition) is 10. The van der Waals surface area contributed by atoms with Gasteiger partial charge in [0, 0.05) is 18.2 Å². The highest BCUT2D eigenvalue weighted by molar-refractivity contribution is 8.00. The Morgan fingerprint density at radius 1 is 1.58 bits per heavy atom. The van der Waals surface area contributed by atoms with E-state index in [1.54, 1.807) is 0 Å². The lowest BCUT2D eigenvalue weighted by Crippen LogP contribution is -2.75. The summed E-state index contributed by atoms with van der Waals surface area (Å²) in [6, 6.07) is -0.884. The van der Waals surface area contributed by atoms with Crippen molar-refractivity contribution in [3.8, 4) is 12.3 Å². The van der Waals surface area contributed by atoms with Crippen LogP contribution in [0.25, 0.3) is 0 Å². The van der Waals surface area contributed by atoms with E-state index in [1.165, 1.54) is 29.2 Å². The van der Waals surface area contributed by atoms with Crippen LogP contribution in [0, 0.1) is 12.3 Å². The normalized spacial score (nSPS) is 25.0. The number of carboxylic acid groups (broad SMARTS) is 1. The second-order valence-electron chi connectivity index (χ2n) is 6.34. The van der Waals surface area contributed by atoms with Gasteiger partial charge in [-0.25, -0.2) is 9.78 Å². The number of thiazole rings is 1. The summed E-state index contributed by atoms with van der Waals surface area (Å²) in [5, 5.41) is 19.4. The third kappa shape index (κ3) is 4.33. The summed E-state index contributed by atoms with van der Waals surface area (Å²) in [6.45, 7) is -0.315. The van der Waals surface area contributed by atoms with Crippen LogP contribution in [0.2, 0.25) is 0 Å². The van der Waals surface area contributed by atoms with Gasteiger partial charge >= 0.3 is 5.97 Å². The Morgan fingerprint density at radius 3 is 3.00 bits per heavy atom. The van der Waals surface area contributed by atoms with Crippen molar-refractivity contribution in [3.05, 3.63) is 11.1 Å². The standard InChI is InChI=1S/C17H17N5O7S2/c1-3-4-29-21-10(9-5-30-16(19-9)18-8-23)12(24)20-11-13(25)22-6-17(28-2,15(26)27)7-31-14(11)22/h1,5,8,11,14H,4,6-7H2,2H3,(H,20,24)(H,26,27)(H,18,19,23)/t11?,14-,17?/m1/s1. The van der Waals surface area contributed by atoms with Gasteiger partial charge in [-0.05, 0) is 0 Å². The molecule has 2 aliphatic heterocycles. The number of β-lactam (4-membered cyclic amide) rings is 1. The summed E-state index contributed by atoms with van der Waals surface area (Å²) < 4.78 is 5.14. The van der Waals surface area contributed by atoms with Crippen LogP contribution in [0.1, 0.15) is 5.69 Å². The van der Waals surface area contributed by atoms with Crippen molar-refractivity contribution >= 4 is 58.1 Å². The lowest BCUT2D eigenvalue weighted by Gasteiger charge is -2.53. The van der Waals surface area contributed by atoms with E-state index in [1.807, 2.05) is 0 Å². The number of terminal acetylenes is 1. The van der Waals surface area contributed by atoms with Crippen molar-refractivity contribution in [1.82, 2.24) is 15.2 Å². The fourth-order valence-electron chi connectivity index (χ4n) is 2.94. The number of nitrogens with zero attached hydrogens (tertiary/aromatic N) is 3. The monoisotopic (exact) mass is 467 g/mol. The van der Waals surface area contributed by atoms with Crippen molar-refractivity contribution in [1.29, 1.82) is 0 Å². The summed E-state index contributed by atoms with van der Waals surface area (Å²) >= 11 is 2.25. The lowest BCUT2D eigenvalue weighted by atomic mass is 9.99. The van der Waals surface area contributed by atoms with Crippen LogP contribution >= 0.6 is 23.1 Å². The molecule has 0 aliphatic carbocycles. The number of carbonyl (C=O) groups excluding carboxylic acids is 3. The van der Waals surface area contributed by atoms with E-state index in [0.717, 1.165) is 11.3 Å². The molecule has 0 spiro atoms. The van der Waals surface area contributed by atoms with Crippen LogP contribution in [-0.4, -0.2) is 87.9 Å². The number of fused-ring (bicyclic) bond motifs is 1. The summed E-state index contributed by atoms with van der Waals surface area (Å²) in [6.07, 6.45) is 5.56. The molecule has 0 bridgehead atoms. The van der Waals surface area contributed by atoms with Gasteiger partial charge in [-0.15, -0.1) is 29.5 Å². The van der Waals surface area contributed by atoms with Gasteiger partial charge in [0.25, 0.3) is 5.91 Å². The highest BCUT2D eigenvalue weighted by atomic mass is 32.2. The average molecular weight is 467 g/mol. The molecule has 12 nitrogen and oxygen atoms in total. The maximum Gasteiger partial charge on any atom is 0.338 e. The van der Waals surface area contributed by atoms with Gasteiger partial charge in [0.2, 0.25) is 12.3 Å². The number of aromatic nitrogens is 1. The highest BCUT2D eigenvalue weighted by Gasteiger charge is 2.58. The van der Waals surface area contributed by atoms with E-state index in [2.05, 4.69) is 26.7 Å². The SMILES string of the molecule is C#CCON=C(C(=O)NC1C(=O)N2CC(OC)(C(=O)O)CS[C@H]12)c1csc(NC=O)n1. The molecular weight excluding hydrogens is 450 g/mol. The van der Waals surface area contributed by atoms with E-state index in [9.17, 15) is 24.3 Å². The van der Waals surface area contributed by atoms with Crippen molar-refractivity contribution in [2.24, 2.45) is 5.16 Å². The second-order valence-corrected chi connectivity index (χ2v) is 8.30. The number of nitrogens with one attached hydrogen (secondary N) is 2. The Labute approximate surface area is 184 Å². The summed E-state index contributed by atoms with van der Waals surface area (Å²) in [4.78, 5) is 57.8. The largest absolute Gasteiger partial charge is 0.479 e. The zero-order valence-electron chi connectivity index (χ0n) is 16.1. The molecule has 3 heterocycles. The van der Waals surface area contributed by atoms with Gasteiger partial charge in [-0.2, -0.15) is 0 Å². The highest BCUT2D eigenvalue weighted by Crippen LogP contribution is 2.39. The van der Waals surface area contributed by atoms with Crippen LogP contribution in [-0.2, 0) is 28.8 Å². The number of amides is 3. The van der Waals surface area contributed by atoms with Crippen LogP contribution in [0.15, 0.2) is 10.5 Å². The molecule has 2 saturated heterocycles. The molecule has 2 aliphatic rings. The molecule has 2 unspecified atom stereocenters. The minimum atomic E-state index is -1.50. The first-order chi connectivity index (χ1) is 14.9. The Morgan fingerprint density at radius 2 is 2.35 bits per heavy atom. The minimum absolute atomic E-state index is 0.110. The number of aliphatic carboxylic acids is 1. The number of rotatable bonds is 9. The molecule has 3 atom stereocenters. The molecule has 0 saturated carbocycles. The maximum absolute atomic E-state index is 12.8. The Kier molecular flexibility index (Phi) is 6.78. The zero-order chi connectivity index (χ0) is 22.6. The molecule has 1 aromatic rings. The number of oxime groups is 1. The number of anilines is 1. The van der Waals surface area contributed by atoms with Crippen LogP contribution in [0.3, 0.4) is 0 Å². The third-order valence-corrected chi connectivity index (χ3v) is 6.84. The molecule has 0 aromatic carbocycles. The predicted octanol–water partition coefficient (Wildman–Crippen LogP) is -1.06. The number of hydrogen-bond donors (Lipinski definition) is 3. The average Bonchev–Trinajstić information content (AvgIpc) is 3.22. The molecule has 31 heavy (non-hydrogen) atoms. The van der Waals surface area contributed by atoms with E-state index in [4.69, 9.17) is 16.0 Å². The second kappa shape index (κ2) is 9.33.